The van der Waals surface area contributed by atoms with Crippen molar-refractivity contribution >= 4 is 27.5 Å². The lowest BCUT2D eigenvalue weighted by Crippen LogP contribution is -2.25. The van der Waals surface area contributed by atoms with Crippen LogP contribution >= 0.6 is 11.3 Å². The molecule has 5 nitrogen and oxygen atoms in total. The highest BCUT2D eigenvalue weighted by atomic mass is 32.1. The molecule has 0 saturated carbocycles. The van der Waals surface area contributed by atoms with Crippen LogP contribution in [0.3, 0.4) is 0 Å². The Hall–Kier alpha value is -2.54. The van der Waals surface area contributed by atoms with Crippen LogP contribution in [0.2, 0.25) is 0 Å². The molecule has 0 spiro atoms. The normalized spacial score (nSPS) is 11.1. The molecular weight excluding hydrogens is 331 g/mol. The van der Waals surface area contributed by atoms with Crippen LogP contribution in [-0.4, -0.2) is 20.6 Å². The lowest BCUT2D eigenvalue weighted by Gasteiger charge is -2.11. The molecule has 1 N–H and O–H groups in total. The molecule has 3 aromatic rings. The number of aromatic carboxylic acids is 1. The van der Waals surface area contributed by atoms with Gasteiger partial charge in [0.1, 0.15) is 21.3 Å². The van der Waals surface area contributed by atoms with Crippen LogP contribution in [0.5, 0.6) is 0 Å². The van der Waals surface area contributed by atoms with E-state index in [2.05, 4.69) is 4.98 Å². The summed E-state index contributed by atoms with van der Waals surface area (Å²) >= 11 is 1.01. The summed E-state index contributed by atoms with van der Waals surface area (Å²) in [5, 5.41) is 9.58. The molecule has 0 aliphatic carbocycles. The second kappa shape index (κ2) is 6.16. The van der Waals surface area contributed by atoms with Crippen molar-refractivity contribution in [2.24, 2.45) is 0 Å². The maximum absolute atomic E-state index is 13.4. The van der Waals surface area contributed by atoms with Gasteiger partial charge in [-0.1, -0.05) is 19.1 Å². The Bertz CT molecular complexity index is 1010. The predicted octanol–water partition coefficient (Wildman–Crippen LogP) is 3.21. The summed E-state index contributed by atoms with van der Waals surface area (Å²) in [5.74, 6) is -0.882. The zero-order valence-electron chi connectivity index (χ0n) is 13.2. The van der Waals surface area contributed by atoms with Crippen LogP contribution in [0.15, 0.2) is 29.1 Å². The van der Waals surface area contributed by atoms with Gasteiger partial charge in [0.2, 0.25) is 0 Å². The van der Waals surface area contributed by atoms with E-state index in [0.717, 1.165) is 11.3 Å². The van der Waals surface area contributed by atoms with E-state index in [1.54, 1.807) is 19.1 Å². The number of hydrogen-bond acceptors (Lipinski definition) is 4. The number of carboxylic acid groups (broad SMARTS) is 1. The Morgan fingerprint density at radius 1 is 1.42 bits per heavy atom. The summed E-state index contributed by atoms with van der Waals surface area (Å²) in [4.78, 5) is 29.2. The third-order valence-electron chi connectivity index (χ3n) is 3.87. The first kappa shape index (κ1) is 16.3. The maximum atomic E-state index is 13.4. The Balaban J connectivity index is 2.23. The Morgan fingerprint density at radius 2 is 2.17 bits per heavy atom. The van der Waals surface area contributed by atoms with Gasteiger partial charge < -0.3 is 5.11 Å². The van der Waals surface area contributed by atoms with Crippen molar-refractivity contribution in [2.45, 2.75) is 26.8 Å². The first-order valence-electron chi connectivity index (χ1n) is 7.43. The Kier molecular flexibility index (Phi) is 4.19. The van der Waals surface area contributed by atoms with Crippen molar-refractivity contribution in [3.05, 3.63) is 62.3 Å². The minimum atomic E-state index is -1.07. The van der Waals surface area contributed by atoms with E-state index in [1.165, 1.54) is 16.7 Å². The van der Waals surface area contributed by atoms with Gasteiger partial charge in [-0.2, -0.15) is 0 Å². The molecule has 0 amide bonds. The Labute approximate surface area is 141 Å². The average Bonchev–Trinajstić information content (AvgIpc) is 2.87. The highest BCUT2D eigenvalue weighted by Crippen LogP contribution is 2.27. The molecule has 7 heteroatoms. The van der Waals surface area contributed by atoms with Crippen LogP contribution in [0.4, 0.5) is 4.39 Å². The molecule has 3 rings (SSSR count). The molecule has 1 aromatic carbocycles. The van der Waals surface area contributed by atoms with E-state index >= 15 is 0 Å². The fourth-order valence-corrected chi connectivity index (χ4v) is 3.74. The number of halogens is 1. The van der Waals surface area contributed by atoms with Gasteiger partial charge in [-0.3, -0.25) is 9.36 Å². The van der Waals surface area contributed by atoms with Gasteiger partial charge in [0.05, 0.1) is 11.9 Å². The van der Waals surface area contributed by atoms with Crippen LogP contribution in [0.1, 0.15) is 33.5 Å². The molecule has 0 fully saturated rings. The fraction of sp³-hybridized carbons (Fsp3) is 0.235. The van der Waals surface area contributed by atoms with Gasteiger partial charge in [-0.05, 0) is 30.2 Å². The molecule has 0 atom stereocenters. The van der Waals surface area contributed by atoms with Crippen molar-refractivity contribution in [1.82, 2.24) is 9.55 Å². The highest BCUT2D eigenvalue weighted by Gasteiger charge is 2.20. The lowest BCUT2D eigenvalue weighted by molar-refractivity contribution is 0.0701. The number of nitrogens with zero attached hydrogens (tertiary/aromatic N) is 2. The summed E-state index contributed by atoms with van der Waals surface area (Å²) in [6.07, 6.45) is 0.514. The Morgan fingerprint density at radius 3 is 2.79 bits per heavy atom. The topological polar surface area (TPSA) is 72.2 Å². The second-order valence-corrected chi connectivity index (χ2v) is 6.44. The predicted molar refractivity (Wildman–Crippen MR) is 90.5 cm³/mol. The molecule has 2 heterocycles. The maximum Gasteiger partial charge on any atom is 0.346 e. The smallest absolute Gasteiger partial charge is 0.346 e. The standard InChI is InChI=1S/C17H15FN2O3S/c1-3-12-19-15-13(9(2)14(24-15)17(22)23)16(21)20(12)8-10-5-4-6-11(18)7-10/h4-7H,3,8H2,1-2H3,(H,22,23). The monoisotopic (exact) mass is 346 g/mol. The zero-order chi connectivity index (χ0) is 17.4. The van der Waals surface area contributed by atoms with Gasteiger partial charge in [0.25, 0.3) is 5.56 Å². The van der Waals surface area contributed by atoms with E-state index in [9.17, 15) is 19.1 Å². The first-order chi connectivity index (χ1) is 11.4. The molecule has 0 aliphatic heterocycles. The van der Waals surface area contributed by atoms with Gasteiger partial charge in [0.15, 0.2) is 0 Å². The molecule has 24 heavy (non-hydrogen) atoms. The molecule has 124 valence electrons. The third kappa shape index (κ3) is 2.71. The number of carbonyl (C=O) groups is 1. The fourth-order valence-electron chi connectivity index (χ4n) is 2.71. The average molecular weight is 346 g/mol. The minimum absolute atomic E-state index is 0.125. The summed E-state index contributed by atoms with van der Waals surface area (Å²) in [7, 11) is 0. The van der Waals surface area contributed by atoms with E-state index < -0.39 is 5.97 Å². The summed E-state index contributed by atoms with van der Waals surface area (Å²) < 4.78 is 14.9. The first-order valence-corrected chi connectivity index (χ1v) is 8.24. The van der Waals surface area contributed by atoms with E-state index in [4.69, 9.17) is 0 Å². The van der Waals surface area contributed by atoms with E-state index in [-0.39, 0.29) is 22.8 Å². The number of thiophene rings is 1. The summed E-state index contributed by atoms with van der Waals surface area (Å²) in [6, 6.07) is 6.05. The molecular formula is C17H15FN2O3S. The van der Waals surface area contributed by atoms with Gasteiger partial charge in [0, 0.05) is 6.42 Å². The van der Waals surface area contributed by atoms with Crippen molar-refractivity contribution < 1.29 is 14.3 Å². The number of benzene rings is 1. The van der Waals surface area contributed by atoms with Crippen LogP contribution in [-0.2, 0) is 13.0 Å². The zero-order valence-corrected chi connectivity index (χ0v) is 14.0. The summed E-state index contributed by atoms with van der Waals surface area (Å²) in [5.41, 5.74) is 0.789. The molecule has 2 aromatic heterocycles. The van der Waals surface area contributed by atoms with Gasteiger partial charge in [-0.25, -0.2) is 14.2 Å². The minimum Gasteiger partial charge on any atom is -0.477 e. The van der Waals surface area contributed by atoms with Crippen molar-refractivity contribution in [3.8, 4) is 0 Å². The van der Waals surface area contributed by atoms with Crippen LogP contribution < -0.4 is 5.56 Å². The number of carboxylic acids is 1. The molecule has 0 bridgehead atoms. The second-order valence-electron chi connectivity index (χ2n) is 5.44. The van der Waals surface area contributed by atoms with Crippen molar-refractivity contribution in [1.29, 1.82) is 0 Å². The third-order valence-corrected chi connectivity index (χ3v) is 5.04. The number of aryl methyl sites for hydroxylation is 2. The number of rotatable bonds is 4. The summed E-state index contributed by atoms with van der Waals surface area (Å²) in [6.45, 7) is 3.68. The van der Waals surface area contributed by atoms with Crippen molar-refractivity contribution in [2.75, 3.05) is 0 Å². The number of aromatic nitrogens is 2. The van der Waals surface area contributed by atoms with Gasteiger partial charge in [-0.15, -0.1) is 11.3 Å². The van der Waals surface area contributed by atoms with E-state index in [0.29, 0.717) is 33.6 Å². The lowest BCUT2D eigenvalue weighted by atomic mass is 10.2. The van der Waals surface area contributed by atoms with Crippen LogP contribution in [0.25, 0.3) is 10.2 Å². The molecule has 0 unspecified atom stereocenters. The number of hydrogen-bond donors (Lipinski definition) is 1. The number of fused-ring (bicyclic) bond motifs is 1. The SMILES string of the molecule is CCc1nc2sc(C(=O)O)c(C)c2c(=O)n1Cc1cccc(F)c1. The molecule has 0 saturated heterocycles. The van der Waals surface area contributed by atoms with Crippen molar-refractivity contribution in [3.63, 3.8) is 0 Å². The molecule has 0 radical (unpaired) electrons. The quantitative estimate of drug-likeness (QED) is 0.787. The van der Waals surface area contributed by atoms with Crippen LogP contribution in [0, 0.1) is 12.7 Å². The largest absolute Gasteiger partial charge is 0.477 e. The van der Waals surface area contributed by atoms with Gasteiger partial charge >= 0.3 is 5.97 Å². The van der Waals surface area contributed by atoms with E-state index in [1.807, 2.05) is 6.92 Å². The molecule has 0 aliphatic rings. The highest BCUT2D eigenvalue weighted by molar-refractivity contribution is 7.20.